The summed E-state index contributed by atoms with van der Waals surface area (Å²) in [5.74, 6) is -0.404. The highest BCUT2D eigenvalue weighted by Gasteiger charge is 2.34. The standard InChI is InChI=1S/C11H17N3O3/c1-11(5-2-6-11)14-8(15)4-3-7-9(16)13-10(17)12-7/h7H,2-6H2,1H3,(H,14,15)(H2,12,13,16,17)/t7-/m0/s1. The SMILES string of the molecule is CC1(NC(=O)CC[C@@H]2NC(=O)NC2=O)CCC1. The van der Waals surface area contributed by atoms with Crippen LogP contribution in [-0.2, 0) is 9.59 Å². The molecule has 1 saturated heterocycles. The molecule has 3 N–H and O–H groups in total. The number of carbonyl (C=O) groups is 3. The molecule has 0 bridgehead atoms. The lowest BCUT2D eigenvalue weighted by atomic mass is 9.78. The summed E-state index contributed by atoms with van der Waals surface area (Å²) in [6, 6.07) is -1.05. The Balaban J connectivity index is 1.73. The van der Waals surface area contributed by atoms with Crippen molar-refractivity contribution in [3.63, 3.8) is 0 Å². The van der Waals surface area contributed by atoms with Crippen molar-refractivity contribution >= 4 is 17.8 Å². The van der Waals surface area contributed by atoms with Crippen molar-refractivity contribution in [3.05, 3.63) is 0 Å². The number of nitrogens with one attached hydrogen (secondary N) is 3. The zero-order chi connectivity index (χ0) is 12.5. The molecular formula is C11H17N3O3. The van der Waals surface area contributed by atoms with Crippen LogP contribution in [0, 0.1) is 0 Å². The van der Waals surface area contributed by atoms with Gasteiger partial charge in [0.25, 0.3) is 5.91 Å². The van der Waals surface area contributed by atoms with Crippen molar-refractivity contribution in [1.29, 1.82) is 0 Å². The van der Waals surface area contributed by atoms with Gasteiger partial charge in [-0.1, -0.05) is 0 Å². The lowest BCUT2D eigenvalue weighted by Gasteiger charge is -2.39. The Morgan fingerprint density at radius 2 is 2.18 bits per heavy atom. The van der Waals surface area contributed by atoms with Crippen molar-refractivity contribution in [1.82, 2.24) is 16.0 Å². The minimum absolute atomic E-state index is 0.0545. The summed E-state index contributed by atoms with van der Waals surface area (Å²) in [4.78, 5) is 33.7. The van der Waals surface area contributed by atoms with Gasteiger partial charge in [-0.25, -0.2) is 4.79 Å². The first-order valence-electron chi connectivity index (χ1n) is 5.91. The molecule has 0 aromatic carbocycles. The molecule has 0 unspecified atom stereocenters. The van der Waals surface area contributed by atoms with Crippen LogP contribution in [0.1, 0.15) is 39.0 Å². The van der Waals surface area contributed by atoms with Gasteiger partial charge in [0, 0.05) is 12.0 Å². The van der Waals surface area contributed by atoms with Gasteiger partial charge in [-0.15, -0.1) is 0 Å². The van der Waals surface area contributed by atoms with Crippen LogP contribution in [0.25, 0.3) is 0 Å². The highest BCUT2D eigenvalue weighted by Crippen LogP contribution is 2.30. The van der Waals surface area contributed by atoms with Crippen molar-refractivity contribution in [2.75, 3.05) is 0 Å². The summed E-state index contributed by atoms with van der Waals surface area (Å²) in [6.45, 7) is 2.03. The van der Waals surface area contributed by atoms with E-state index in [0.717, 1.165) is 19.3 Å². The number of hydrogen-bond donors (Lipinski definition) is 3. The van der Waals surface area contributed by atoms with Crippen LogP contribution in [0.2, 0.25) is 0 Å². The highest BCUT2D eigenvalue weighted by molar-refractivity contribution is 6.04. The summed E-state index contributed by atoms with van der Waals surface area (Å²) in [5.41, 5.74) is -0.0573. The summed E-state index contributed by atoms with van der Waals surface area (Å²) in [5, 5.41) is 7.57. The lowest BCUT2D eigenvalue weighted by molar-refractivity contribution is -0.124. The number of hydrogen-bond acceptors (Lipinski definition) is 3. The van der Waals surface area contributed by atoms with E-state index in [-0.39, 0.29) is 23.8 Å². The largest absolute Gasteiger partial charge is 0.351 e. The van der Waals surface area contributed by atoms with Crippen LogP contribution in [0.15, 0.2) is 0 Å². The molecule has 0 aromatic rings. The van der Waals surface area contributed by atoms with Gasteiger partial charge in [0.2, 0.25) is 5.91 Å². The third kappa shape index (κ3) is 2.75. The van der Waals surface area contributed by atoms with Gasteiger partial charge in [0.15, 0.2) is 0 Å². The van der Waals surface area contributed by atoms with E-state index in [1.54, 1.807) is 0 Å². The third-order valence-corrected chi connectivity index (χ3v) is 3.42. The molecule has 0 spiro atoms. The maximum Gasteiger partial charge on any atom is 0.322 e. The average molecular weight is 239 g/mol. The summed E-state index contributed by atoms with van der Waals surface area (Å²) in [7, 11) is 0. The molecule has 94 valence electrons. The Labute approximate surface area is 99.5 Å². The van der Waals surface area contributed by atoms with Crippen LogP contribution in [0.4, 0.5) is 4.79 Å². The Kier molecular flexibility index (Phi) is 3.04. The Bertz CT molecular complexity index is 363. The van der Waals surface area contributed by atoms with E-state index in [4.69, 9.17) is 0 Å². The van der Waals surface area contributed by atoms with Gasteiger partial charge in [-0.3, -0.25) is 14.9 Å². The lowest BCUT2D eigenvalue weighted by Crippen LogP contribution is -2.51. The number of carbonyl (C=O) groups excluding carboxylic acids is 3. The fourth-order valence-corrected chi connectivity index (χ4v) is 2.17. The smallest absolute Gasteiger partial charge is 0.322 e. The number of amides is 4. The van der Waals surface area contributed by atoms with Crippen molar-refractivity contribution < 1.29 is 14.4 Å². The molecule has 0 radical (unpaired) electrons. The van der Waals surface area contributed by atoms with Gasteiger partial charge >= 0.3 is 6.03 Å². The number of urea groups is 1. The zero-order valence-electron chi connectivity index (χ0n) is 9.84. The summed E-state index contributed by atoms with van der Waals surface area (Å²) < 4.78 is 0. The van der Waals surface area contributed by atoms with Crippen molar-refractivity contribution in [2.45, 2.75) is 50.6 Å². The second kappa shape index (κ2) is 4.35. The first-order chi connectivity index (χ1) is 7.98. The maximum absolute atomic E-state index is 11.6. The van der Waals surface area contributed by atoms with E-state index in [9.17, 15) is 14.4 Å². The monoisotopic (exact) mass is 239 g/mol. The molecule has 17 heavy (non-hydrogen) atoms. The first-order valence-corrected chi connectivity index (χ1v) is 5.91. The summed E-state index contributed by atoms with van der Waals surface area (Å²) in [6.07, 6.45) is 3.78. The summed E-state index contributed by atoms with van der Waals surface area (Å²) >= 11 is 0. The molecule has 1 heterocycles. The maximum atomic E-state index is 11.6. The van der Waals surface area contributed by atoms with Crippen LogP contribution in [-0.4, -0.2) is 29.4 Å². The second-order valence-electron chi connectivity index (χ2n) is 5.02. The number of imide groups is 1. The van der Waals surface area contributed by atoms with E-state index in [0.29, 0.717) is 6.42 Å². The predicted molar refractivity (Wildman–Crippen MR) is 60.1 cm³/mol. The molecule has 4 amide bonds. The minimum atomic E-state index is -0.567. The van der Waals surface area contributed by atoms with Crippen LogP contribution < -0.4 is 16.0 Å². The third-order valence-electron chi connectivity index (χ3n) is 3.42. The normalized spacial score (nSPS) is 25.8. The van der Waals surface area contributed by atoms with Crippen molar-refractivity contribution in [2.24, 2.45) is 0 Å². The molecule has 1 aliphatic heterocycles. The molecule has 2 rings (SSSR count). The molecule has 1 aliphatic carbocycles. The van der Waals surface area contributed by atoms with E-state index in [1.165, 1.54) is 0 Å². The molecule has 2 aliphatic rings. The van der Waals surface area contributed by atoms with Crippen LogP contribution in [0.5, 0.6) is 0 Å². The van der Waals surface area contributed by atoms with E-state index < -0.39 is 12.1 Å². The Morgan fingerprint density at radius 3 is 2.65 bits per heavy atom. The molecule has 1 atom stereocenters. The van der Waals surface area contributed by atoms with Gasteiger partial charge in [-0.05, 0) is 32.6 Å². The van der Waals surface area contributed by atoms with Gasteiger partial charge < -0.3 is 10.6 Å². The minimum Gasteiger partial charge on any atom is -0.351 e. The molecule has 0 aromatic heterocycles. The predicted octanol–water partition coefficient (Wildman–Crippen LogP) is 0.0334. The molecule has 2 fully saturated rings. The van der Waals surface area contributed by atoms with E-state index in [1.807, 2.05) is 6.92 Å². The van der Waals surface area contributed by atoms with Crippen LogP contribution >= 0.6 is 0 Å². The molecule has 1 saturated carbocycles. The second-order valence-corrected chi connectivity index (χ2v) is 5.02. The fourth-order valence-electron chi connectivity index (χ4n) is 2.17. The van der Waals surface area contributed by atoms with Gasteiger partial charge in [0.05, 0.1) is 0 Å². The average Bonchev–Trinajstić information content (AvgIpc) is 2.52. The number of rotatable bonds is 4. The fraction of sp³-hybridized carbons (Fsp3) is 0.727. The Hall–Kier alpha value is -1.59. The van der Waals surface area contributed by atoms with Crippen LogP contribution in [0.3, 0.4) is 0 Å². The zero-order valence-corrected chi connectivity index (χ0v) is 9.84. The van der Waals surface area contributed by atoms with Gasteiger partial charge in [-0.2, -0.15) is 0 Å². The first kappa shape index (κ1) is 11.9. The molecule has 6 nitrogen and oxygen atoms in total. The molecular weight excluding hydrogens is 222 g/mol. The molecule has 6 heteroatoms. The van der Waals surface area contributed by atoms with E-state index in [2.05, 4.69) is 16.0 Å². The van der Waals surface area contributed by atoms with Gasteiger partial charge in [0.1, 0.15) is 6.04 Å². The highest BCUT2D eigenvalue weighted by atomic mass is 16.2. The quantitative estimate of drug-likeness (QED) is 0.605. The topological polar surface area (TPSA) is 87.3 Å². The Morgan fingerprint density at radius 1 is 1.47 bits per heavy atom. The van der Waals surface area contributed by atoms with Crippen molar-refractivity contribution in [3.8, 4) is 0 Å². The van der Waals surface area contributed by atoms with E-state index >= 15 is 0 Å².